The second-order valence-corrected chi connectivity index (χ2v) is 7.32. The van der Waals surface area contributed by atoms with Gasteiger partial charge in [-0.05, 0) is 46.3 Å². The Bertz CT molecular complexity index is 693. The number of hydrogen-bond donors (Lipinski definition) is 2. The molecule has 2 aromatic rings. The molecule has 6 nitrogen and oxygen atoms in total. The molecule has 0 aliphatic carbocycles. The lowest BCUT2D eigenvalue weighted by atomic mass is 10.2. The van der Waals surface area contributed by atoms with Crippen LogP contribution in [0.1, 0.15) is 34.8 Å². The normalized spacial score (nSPS) is 12.8. The van der Waals surface area contributed by atoms with Crippen molar-refractivity contribution in [3.8, 4) is 0 Å². The Morgan fingerprint density at radius 2 is 2.08 bits per heavy atom. The van der Waals surface area contributed by atoms with Gasteiger partial charge >= 0.3 is 0 Å². The van der Waals surface area contributed by atoms with Crippen molar-refractivity contribution in [3.05, 3.63) is 39.3 Å². The van der Waals surface area contributed by atoms with Gasteiger partial charge in [-0.15, -0.1) is 35.3 Å². The largest absolute Gasteiger partial charge is 0.357 e. The molecule has 0 saturated carbocycles. The van der Waals surface area contributed by atoms with Crippen molar-refractivity contribution < 1.29 is 0 Å². The molecule has 0 amide bonds. The minimum Gasteiger partial charge on any atom is -0.357 e. The van der Waals surface area contributed by atoms with Crippen molar-refractivity contribution in [3.63, 3.8) is 0 Å². The topological polar surface area (TPSA) is 57.5 Å². The van der Waals surface area contributed by atoms with Gasteiger partial charge in [0, 0.05) is 36.3 Å². The average molecular weight is 490 g/mol. The van der Waals surface area contributed by atoms with Crippen LogP contribution < -0.4 is 10.6 Å². The molecule has 2 N–H and O–H groups in total. The number of hydrogen-bond acceptors (Lipinski definition) is 4. The van der Waals surface area contributed by atoms with Crippen LogP contribution in [-0.2, 0) is 13.6 Å². The summed E-state index contributed by atoms with van der Waals surface area (Å²) in [4.78, 5) is 8.35. The maximum Gasteiger partial charge on any atom is 0.191 e. The van der Waals surface area contributed by atoms with Crippen molar-refractivity contribution in [2.75, 3.05) is 27.2 Å². The molecule has 1 atom stereocenters. The van der Waals surface area contributed by atoms with Crippen molar-refractivity contribution in [1.82, 2.24) is 25.3 Å². The average Bonchev–Trinajstić information content (AvgIpc) is 3.15. The number of aryl methyl sites for hydroxylation is 2. The van der Waals surface area contributed by atoms with Gasteiger partial charge in [-0.2, -0.15) is 5.10 Å². The third kappa shape index (κ3) is 5.95. The maximum atomic E-state index is 4.76. The van der Waals surface area contributed by atoms with Crippen LogP contribution in [0.15, 0.2) is 22.5 Å². The number of rotatable bonds is 7. The fourth-order valence-electron chi connectivity index (χ4n) is 2.76. The molecule has 8 heteroatoms. The highest BCUT2D eigenvalue weighted by Crippen LogP contribution is 2.22. The highest BCUT2D eigenvalue weighted by molar-refractivity contribution is 14.0. The zero-order chi connectivity index (χ0) is 18.4. The van der Waals surface area contributed by atoms with Gasteiger partial charge in [0.15, 0.2) is 5.96 Å². The van der Waals surface area contributed by atoms with Crippen molar-refractivity contribution in [2.45, 2.75) is 33.4 Å². The van der Waals surface area contributed by atoms with Crippen molar-refractivity contribution >= 4 is 41.3 Å². The summed E-state index contributed by atoms with van der Waals surface area (Å²) in [6.45, 7) is 8.49. The van der Waals surface area contributed by atoms with Gasteiger partial charge in [-0.25, -0.2) is 4.99 Å². The lowest BCUT2D eigenvalue weighted by molar-refractivity contribution is 0.302. The van der Waals surface area contributed by atoms with Crippen LogP contribution >= 0.6 is 35.3 Å². The predicted molar refractivity (Wildman–Crippen MR) is 122 cm³/mol. The standard InChI is InChI=1S/C18H30N6S.HI/c1-7-19-18(20-11-15-13(2)22-24(6)14(15)3)21-12-16(23(4)5)17-9-8-10-25-17;/h8-10,16H,7,11-12H2,1-6H3,(H2,19,20,21);1H. The third-order valence-corrected chi connectivity index (χ3v) is 5.33. The van der Waals surface area contributed by atoms with Crippen molar-refractivity contribution in [1.29, 1.82) is 0 Å². The monoisotopic (exact) mass is 490 g/mol. The van der Waals surface area contributed by atoms with Gasteiger partial charge in [0.25, 0.3) is 0 Å². The molecule has 0 saturated heterocycles. The highest BCUT2D eigenvalue weighted by atomic mass is 127. The van der Waals surface area contributed by atoms with Crippen LogP contribution in [0.2, 0.25) is 0 Å². The number of halogens is 1. The number of aliphatic imine (C=N–C) groups is 1. The van der Waals surface area contributed by atoms with E-state index in [0.717, 1.165) is 24.7 Å². The molecular weight excluding hydrogens is 459 g/mol. The van der Waals surface area contributed by atoms with Gasteiger partial charge in [-0.1, -0.05) is 6.07 Å². The molecule has 146 valence electrons. The Hall–Kier alpha value is -1.13. The predicted octanol–water partition coefficient (Wildman–Crippen LogP) is 3.07. The molecule has 0 bridgehead atoms. The Balaban J connectivity index is 0.00000338. The van der Waals surface area contributed by atoms with Crippen LogP contribution in [0.5, 0.6) is 0 Å². The second-order valence-electron chi connectivity index (χ2n) is 6.34. The van der Waals surface area contributed by atoms with E-state index in [4.69, 9.17) is 4.99 Å². The molecular formula is C18H31IN6S. The molecule has 0 spiro atoms. The fraction of sp³-hybridized carbons (Fsp3) is 0.556. The molecule has 2 heterocycles. The van der Waals surface area contributed by atoms with Gasteiger partial charge < -0.3 is 15.5 Å². The van der Waals surface area contributed by atoms with Gasteiger partial charge in [0.05, 0.1) is 18.3 Å². The van der Waals surface area contributed by atoms with Crippen LogP contribution in [0, 0.1) is 13.8 Å². The van der Waals surface area contributed by atoms with E-state index in [1.165, 1.54) is 16.1 Å². The van der Waals surface area contributed by atoms with Crippen LogP contribution in [0.25, 0.3) is 0 Å². The Labute approximate surface area is 178 Å². The smallest absolute Gasteiger partial charge is 0.191 e. The van der Waals surface area contributed by atoms with E-state index in [1.54, 1.807) is 11.3 Å². The van der Waals surface area contributed by atoms with Crippen LogP contribution in [0.4, 0.5) is 0 Å². The lowest BCUT2D eigenvalue weighted by Gasteiger charge is -2.24. The summed E-state index contributed by atoms with van der Waals surface area (Å²) in [5.41, 5.74) is 3.41. The first-order valence-electron chi connectivity index (χ1n) is 8.65. The molecule has 0 aliphatic heterocycles. The maximum absolute atomic E-state index is 4.76. The zero-order valence-corrected chi connectivity index (χ0v) is 19.7. The van der Waals surface area contributed by atoms with E-state index in [1.807, 2.05) is 18.7 Å². The Morgan fingerprint density at radius 3 is 2.58 bits per heavy atom. The first-order valence-corrected chi connectivity index (χ1v) is 9.53. The molecule has 0 fully saturated rings. The summed E-state index contributed by atoms with van der Waals surface area (Å²) in [6.07, 6.45) is 0. The molecule has 0 aliphatic rings. The number of likely N-dealkylation sites (N-methyl/N-ethyl adjacent to an activating group) is 1. The van der Waals surface area contributed by atoms with E-state index in [2.05, 4.69) is 66.1 Å². The van der Waals surface area contributed by atoms with E-state index in [0.29, 0.717) is 12.6 Å². The molecule has 2 rings (SSSR count). The van der Waals surface area contributed by atoms with E-state index in [-0.39, 0.29) is 24.0 Å². The summed E-state index contributed by atoms with van der Waals surface area (Å²) in [7, 11) is 6.19. The Kier molecular flexibility index (Phi) is 9.59. The molecule has 0 aromatic carbocycles. The summed E-state index contributed by atoms with van der Waals surface area (Å²) in [5, 5.41) is 13.4. The number of nitrogens with one attached hydrogen (secondary N) is 2. The fourth-order valence-corrected chi connectivity index (χ4v) is 3.68. The Morgan fingerprint density at radius 1 is 1.35 bits per heavy atom. The van der Waals surface area contributed by atoms with E-state index < -0.39 is 0 Å². The zero-order valence-electron chi connectivity index (χ0n) is 16.5. The molecule has 0 radical (unpaired) electrons. The van der Waals surface area contributed by atoms with Crippen molar-refractivity contribution in [2.24, 2.45) is 12.0 Å². The minimum absolute atomic E-state index is 0. The lowest BCUT2D eigenvalue weighted by Crippen LogP contribution is -2.41. The van der Waals surface area contributed by atoms with Gasteiger partial charge in [0.1, 0.15) is 0 Å². The summed E-state index contributed by atoms with van der Waals surface area (Å²) < 4.78 is 1.92. The van der Waals surface area contributed by atoms with Gasteiger partial charge in [0.2, 0.25) is 0 Å². The first kappa shape index (κ1) is 22.9. The van der Waals surface area contributed by atoms with Crippen LogP contribution in [0.3, 0.4) is 0 Å². The number of aromatic nitrogens is 2. The second kappa shape index (κ2) is 10.9. The summed E-state index contributed by atoms with van der Waals surface area (Å²) in [6, 6.07) is 4.61. The SMILES string of the molecule is CCNC(=NCc1c(C)nn(C)c1C)NCC(c1cccs1)N(C)C.I. The summed E-state index contributed by atoms with van der Waals surface area (Å²) in [5.74, 6) is 0.841. The van der Waals surface area contributed by atoms with Gasteiger partial charge in [-0.3, -0.25) is 4.68 Å². The van der Waals surface area contributed by atoms with E-state index >= 15 is 0 Å². The highest BCUT2D eigenvalue weighted by Gasteiger charge is 2.16. The first-order chi connectivity index (χ1) is 11.9. The number of nitrogens with zero attached hydrogens (tertiary/aromatic N) is 4. The summed E-state index contributed by atoms with van der Waals surface area (Å²) >= 11 is 1.79. The molecule has 2 aromatic heterocycles. The molecule has 26 heavy (non-hydrogen) atoms. The number of thiophene rings is 1. The minimum atomic E-state index is 0. The number of guanidine groups is 1. The third-order valence-electron chi connectivity index (χ3n) is 4.36. The quantitative estimate of drug-likeness (QED) is 0.356. The van der Waals surface area contributed by atoms with E-state index in [9.17, 15) is 0 Å². The van der Waals surface area contributed by atoms with Crippen LogP contribution in [-0.4, -0.2) is 47.8 Å². The molecule has 1 unspecified atom stereocenters.